The van der Waals surface area contributed by atoms with Crippen LogP contribution in [-0.2, 0) is 14.8 Å². The number of unbranched alkanes of at least 4 members (excludes halogenated alkanes) is 1. The normalized spacial score (nSPS) is 13.9. The Morgan fingerprint density at radius 2 is 1.78 bits per heavy atom. The molecule has 1 amide bonds. The van der Waals surface area contributed by atoms with E-state index in [0.29, 0.717) is 24.6 Å². The van der Waals surface area contributed by atoms with Crippen LogP contribution in [0, 0.1) is 19.8 Å². The molecule has 5 nitrogen and oxygen atoms in total. The van der Waals surface area contributed by atoms with Gasteiger partial charge in [-0.05, 0) is 55.9 Å². The molecule has 0 saturated carbocycles. The Labute approximate surface area is 165 Å². The van der Waals surface area contributed by atoms with Crippen molar-refractivity contribution in [2.24, 2.45) is 5.92 Å². The summed E-state index contributed by atoms with van der Waals surface area (Å²) in [5.74, 6) is 0.204. The Balaban J connectivity index is 3.04. The van der Waals surface area contributed by atoms with Crippen molar-refractivity contribution in [2.45, 2.75) is 72.8 Å². The highest BCUT2D eigenvalue weighted by Crippen LogP contribution is 2.25. The zero-order chi connectivity index (χ0) is 20.6. The summed E-state index contributed by atoms with van der Waals surface area (Å²) < 4.78 is 26.3. The van der Waals surface area contributed by atoms with Crippen LogP contribution in [0.5, 0.6) is 0 Å². The summed E-state index contributed by atoms with van der Waals surface area (Å²) >= 11 is 0. The zero-order valence-corrected chi connectivity index (χ0v) is 18.5. The Morgan fingerprint density at radius 1 is 1.11 bits per heavy atom. The minimum absolute atomic E-state index is 0.226. The van der Waals surface area contributed by atoms with Gasteiger partial charge in [-0.3, -0.25) is 9.10 Å². The van der Waals surface area contributed by atoms with Gasteiger partial charge in [-0.1, -0.05) is 46.1 Å². The number of amides is 1. The highest BCUT2D eigenvalue weighted by Gasteiger charge is 2.31. The second kappa shape index (κ2) is 10.7. The van der Waals surface area contributed by atoms with Crippen molar-refractivity contribution in [2.75, 3.05) is 17.1 Å². The summed E-state index contributed by atoms with van der Waals surface area (Å²) in [6.45, 7) is 10.6. The first-order valence-corrected chi connectivity index (χ1v) is 11.8. The maximum absolute atomic E-state index is 12.9. The summed E-state index contributed by atoms with van der Waals surface area (Å²) in [5, 5.41) is 3.00. The van der Waals surface area contributed by atoms with Gasteiger partial charge in [0, 0.05) is 6.54 Å². The van der Waals surface area contributed by atoms with Crippen molar-refractivity contribution >= 4 is 21.6 Å². The molecule has 0 saturated heterocycles. The first kappa shape index (κ1) is 23.5. The number of aryl methyl sites for hydroxylation is 2. The minimum Gasteiger partial charge on any atom is -0.354 e. The Morgan fingerprint density at radius 3 is 2.26 bits per heavy atom. The molecule has 0 fully saturated rings. The number of carbonyl (C=O) groups is 1. The monoisotopic (exact) mass is 396 g/mol. The van der Waals surface area contributed by atoms with E-state index in [0.717, 1.165) is 43.1 Å². The van der Waals surface area contributed by atoms with E-state index in [9.17, 15) is 13.2 Å². The third-order valence-corrected chi connectivity index (χ3v) is 6.36. The Kier molecular flexibility index (Phi) is 9.30. The van der Waals surface area contributed by atoms with Crippen LogP contribution in [0.1, 0.15) is 64.0 Å². The highest BCUT2D eigenvalue weighted by atomic mass is 32.2. The molecule has 0 radical (unpaired) electrons. The molecule has 6 heteroatoms. The molecule has 0 heterocycles. The topological polar surface area (TPSA) is 66.5 Å². The average Bonchev–Trinajstić information content (AvgIpc) is 2.61. The molecule has 0 aliphatic carbocycles. The van der Waals surface area contributed by atoms with Gasteiger partial charge >= 0.3 is 0 Å². The van der Waals surface area contributed by atoms with E-state index < -0.39 is 16.1 Å². The molecule has 2 atom stereocenters. The van der Waals surface area contributed by atoms with Crippen molar-refractivity contribution in [3.63, 3.8) is 0 Å². The lowest BCUT2D eigenvalue weighted by molar-refractivity contribution is -0.122. The molecule has 1 aromatic rings. The first-order chi connectivity index (χ1) is 12.6. The largest absolute Gasteiger partial charge is 0.354 e. The maximum Gasteiger partial charge on any atom is 0.243 e. The quantitative estimate of drug-likeness (QED) is 0.610. The predicted molar refractivity (Wildman–Crippen MR) is 114 cm³/mol. The highest BCUT2D eigenvalue weighted by molar-refractivity contribution is 7.92. The van der Waals surface area contributed by atoms with Gasteiger partial charge in [0.1, 0.15) is 6.04 Å². The number of benzene rings is 1. The number of carbonyl (C=O) groups excluding carboxylic acids is 1. The Hall–Kier alpha value is -1.56. The lowest BCUT2D eigenvalue weighted by atomic mass is 9.99. The van der Waals surface area contributed by atoms with Crippen molar-refractivity contribution in [3.8, 4) is 0 Å². The molecule has 27 heavy (non-hydrogen) atoms. The first-order valence-electron chi connectivity index (χ1n) is 9.99. The number of rotatable bonds is 11. The molecule has 1 rings (SSSR count). The fourth-order valence-electron chi connectivity index (χ4n) is 3.23. The molecule has 1 N–H and O–H groups in total. The van der Waals surface area contributed by atoms with E-state index >= 15 is 0 Å². The number of nitrogens with zero attached hydrogens (tertiary/aromatic N) is 1. The van der Waals surface area contributed by atoms with Gasteiger partial charge in [-0.25, -0.2) is 8.42 Å². The summed E-state index contributed by atoms with van der Waals surface area (Å²) in [7, 11) is -3.59. The third kappa shape index (κ3) is 6.83. The molecule has 0 aromatic heterocycles. The van der Waals surface area contributed by atoms with Gasteiger partial charge in [0.2, 0.25) is 15.9 Å². The van der Waals surface area contributed by atoms with Crippen LogP contribution in [-0.4, -0.2) is 33.2 Å². The summed E-state index contributed by atoms with van der Waals surface area (Å²) in [6.07, 6.45) is 5.94. The fraction of sp³-hybridized carbons (Fsp3) is 0.667. The third-order valence-electron chi connectivity index (χ3n) is 5.18. The van der Waals surface area contributed by atoms with E-state index in [1.165, 1.54) is 4.31 Å². The van der Waals surface area contributed by atoms with Crippen LogP contribution in [0.25, 0.3) is 0 Å². The molecular formula is C21H36N2O3S. The lowest BCUT2D eigenvalue weighted by Gasteiger charge is -2.31. The molecule has 0 bridgehead atoms. The van der Waals surface area contributed by atoms with Gasteiger partial charge in [-0.2, -0.15) is 0 Å². The van der Waals surface area contributed by atoms with Crippen molar-refractivity contribution in [3.05, 3.63) is 29.3 Å². The van der Waals surface area contributed by atoms with Crippen LogP contribution < -0.4 is 9.62 Å². The smallest absolute Gasteiger partial charge is 0.243 e. The number of hydrogen-bond donors (Lipinski definition) is 1. The number of anilines is 1. The van der Waals surface area contributed by atoms with Gasteiger partial charge in [0.25, 0.3) is 0 Å². The van der Waals surface area contributed by atoms with Gasteiger partial charge < -0.3 is 5.32 Å². The molecular weight excluding hydrogens is 360 g/mol. The number of sulfonamides is 1. The molecule has 0 aliphatic heterocycles. The molecule has 0 unspecified atom stereocenters. The standard InChI is InChI=1S/C21H36N2O3S/c1-7-10-11-18(8-2)15-22-21(24)20(9-3)23(27(6,25)26)19-13-12-16(4)17(5)14-19/h12-14,18,20H,7-11,15H2,1-6H3,(H,22,24)/t18-,20+/m1/s1. The second-order valence-corrected chi connectivity index (χ2v) is 9.27. The van der Waals surface area contributed by atoms with Crippen molar-refractivity contribution < 1.29 is 13.2 Å². The average molecular weight is 397 g/mol. The molecule has 0 spiro atoms. The summed E-state index contributed by atoms with van der Waals surface area (Å²) in [5.41, 5.74) is 2.63. The van der Waals surface area contributed by atoms with Crippen LogP contribution in [0.2, 0.25) is 0 Å². The van der Waals surface area contributed by atoms with Crippen LogP contribution >= 0.6 is 0 Å². The number of nitrogens with one attached hydrogen (secondary N) is 1. The van der Waals surface area contributed by atoms with E-state index in [4.69, 9.17) is 0 Å². The minimum atomic E-state index is -3.59. The predicted octanol–water partition coefficient (Wildman–Crippen LogP) is 4.18. The summed E-state index contributed by atoms with van der Waals surface area (Å²) in [6, 6.07) is 4.76. The molecule has 1 aromatic carbocycles. The van der Waals surface area contributed by atoms with Crippen molar-refractivity contribution in [1.29, 1.82) is 0 Å². The maximum atomic E-state index is 12.9. The van der Waals surface area contributed by atoms with E-state index in [1.807, 2.05) is 32.9 Å². The van der Waals surface area contributed by atoms with Crippen LogP contribution in [0.4, 0.5) is 5.69 Å². The van der Waals surface area contributed by atoms with E-state index in [1.54, 1.807) is 6.07 Å². The summed E-state index contributed by atoms with van der Waals surface area (Å²) in [4.78, 5) is 12.9. The van der Waals surface area contributed by atoms with E-state index in [2.05, 4.69) is 19.2 Å². The SMILES string of the molecule is CCCC[C@@H](CC)CNC(=O)[C@H](CC)N(c1ccc(C)c(C)c1)S(C)(=O)=O. The van der Waals surface area contributed by atoms with Gasteiger partial charge in [0.15, 0.2) is 0 Å². The van der Waals surface area contributed by atoms with Gasteiger partial charge in [0.05, 0.1) is 11.9 Å². The van der Waals surface area contributed by atoms with Crippen molar-refractivity contribution in [1.82, 2.24) is 5.32 Å². The lowest BCUT2D eigenvalue weighted by Crippen LogP contribution is -2.50. The molecule has 0 aliphatic rings. The van der Waals surface area contributed by atoms with Crippen LogP contribution in [0.15, 0.2) is 18.2 Å². The second-order valence-electron chi connectivity index (χ2n) is 7.41. The van der Waals surface area contributed by atoms with Crippen LogP contribution in [0.3, 0.4) is 0 Å². The molecule has 154 valence electrons. The van der Waals surface area contributed by atoms with E-state index in [-0.39, 0.29) is 5.91 Å². The van der Waals surface area contributed by atoms with Gasteiger partial charge in [-0.15, -0.1) is 0 Å². The number of hydrogen-bond acceptors (Lipinski definition) is 3. The fourth-order valence-corrected chi connectivity index (χ4v) is 4.43. The zero-order valence-electron chi connectivity index (χ0n) is 17.7. The Bertz CT molecular complexity index is 716.